The lowest BCUT2D eigenvalue weighted by molar-refractivity contribution is -0.141. The van der Waals surface area contributed by atoms with Crippen LogP contribution in [0.5, 0.6) is 0 Å². The first kappa shape index (κ1) is 20.4. The standard InChI is InChI=1S/C18H26N2O5S/c1-13-7-8-15(26(24,25)20-9-5-4-6-10-20)11-16(13)17(21)19(3)12-14(2)18(22)23/h7-8,11,14H,4-6,9-10,12H2,1-3H3,(H,22,23). The molecule has 1 atom stereocenters. The van der Waals surface area contributed by atoms with Gasteiger partial charge in [0, 0.05) is 32.2 Å². The van der Waals surface area contributed by atoms with Crippen molar-refractivity contribution < 1.29 is 23.1 Å². The molecule has 26 heavy (non-hydrogen) atoms. The van der Waals surface area contributed by atoms with Crippen molar-refractivity contribution in [1.82, 2.24) is 9.21 Å². The maximum Gasteiger partial charge on any atom is 0.308 e. The normalized spacial score (nSPS) is 16.9. The Morgan fingerprint density at radius 1 is 1.23 bits per heavy atom. The first-order valence-corrected chi connectivity index (χ1v) is 10.2. The van der Waals surface area contributed by atoms with Gasteiger partial charge in [-0.3, -0.25) is 9.59 Å². The van der Waals surface area contributed by atoms with Gasteiger partial charge in [0.05, 0.1) is 10.8 Å². The summed E-state index contributed by atoms with van der Waals surface area (Å²) < 4.78 is 27.1. The lowest BCUT2D eigenvalue weighted by Gasteiger charge is -2.26. The van der Waals surface area contributed by atoms with Crippen LogP contribution < -0.4 is 0 Å². The molecular formula is C18H26N2O5S. The molecule has 1 amide bonds. The largest absolute Gasteiger partial charge is 0.481 e. The van der Waals surface area contributed by atoms with Crippen molar-refractivity contribution in [3.63, 3.8) is 0 Å². The lowest BCUT2D eigenvalue weighted by atomic mass is 10.1. The number of aryl methyl sites for hydroxylation is 1. The van der Waals surface area contributed by atoms with Crippen molar-refractivity contribution >= 4 is 21.9 Å². The predicted molar refractivity (Wildman–Crippen MR) is 97.5 cm³/mol. The highest BCUT2D eigenvalue weighted by atomic mass is 32.2. The Labute approximate surface area is 154 Å². The van der Waals surface area contributed by atoms with Crippen LogP contribution in [0.25, 0.3) is 0 Å². The smallest absolute Gasteiger partial charge is 0.308 e. The summed E-state index contributed by atoms with van der Waals surface area (Å²) in [5.74, 6) is -2.07. The minimum Gasteiger partial charge on any atom is -0.481 e. The molecule has 0 spiro atoms. The van der Waals surface area contributed by atoms with Gasteiger partial charge in [-0.2, -0.15) is 4.31 Å². The van der Waals surface area contributed by atoms with Crippen LogP contribution >= 0.6 is 0 Å². The van der Waals surface area contributed by atoms with E-state index >= 15 is 0 Å². The number of carbonyl (C=O) groups is 2. The van der Waals surface area contributed by atoms with Crippen LogP contribution in [0, 0.1) is 12.8 Å². The van der Waals surface area contributed by atoms with Gasteiger partial charge in [0.25, 0.3) is 5.91 Å². The number of amides is 1. The van der Waals surface area contributed by atoms with Crippen molar-refractivity contribution in [3.8, 4) is 0 Å². The fraction of sp³-hybridized carbons (Fsp3) is 0.556. The molecule has 0 aliphatic carbocycles. The summed E-state index contributed by atoms with van der Waals surface area (Å²) in [4.78, 5) is 25.1. The molecule has 1 N–H and O–H groups in total. The maximum absolute atomic E-state index is 12.8. The first-order chi connectivity index (χ1) is 12.1. The van der Waals surface area contributed by atoms with E-state index in [2.05, 4.69) is 0 Å². The predicted octanol–water partition coefficient (Wildman–Crippen LogP) is 1.96. The third-order valence-corrected chi connectivity index (χ3v) is 6.60. The molecule has 1 unspecified atom stereocenters. The zero-order valence-corrected chi connectivity index (χ0v) is 16.3. The second kappa shape index (κ2) is 8.18. The number of aliphatic carboxylic acids is 1. The van der Waals surface area contributed by atoms with Gasteiger partial charge in [0.1, 0.15) is 0 Å². The minimum absolute atomic E-state index is 0.0523. The van der Waals surface area contributed by atoms with E-state index in [0.717, 1.165) is 19.3 Å². The van der Waals surface area contributed by atoms with E-state index in [-0.39, 0.29) is 22.9 Å². The zero-order valence-electron chi connectivity index (χ0n) is 15.4. The van der Waals surface area contributed by atoms with Crippen molar-refractivity contribution in [2.75, 3.05) is 26.7 Å². The first-order valence-electron chi connectivity index (χ1n) is 8.73. The molecule has 0 saturated carbocycles. The Morgan fingerprint density at radius 2 is 1.85 bits per heavy atom. The molecule has 1 aliphatic rings. The van der Waals surface area contributed by atoms with Crippen LogP contribution in [0.15, 0.2) is 23.1 Å². The molecule has 1 aromatic rings. The number of piperidine rings is 1. The highest BCUT2D eigenvalue weighted by molar-refractivity contribution is 7.89. The second-order valence-corrected chi connectivity index (χ2v) is 8.80. The van der Waals surface area contributed by atoms with E-state index in [9.17, 15) is 18.0 Å². The van der Waals surface area contributed by atoms with E-state index in [1.54, 1.807) is 13.0 Å². The van der Waals surface area contributed by atoms with Gasteiger partial charge < -0.3 is 10.0 Å². The number of rotatable bonds is 6. The van der Waals surface area contributed by atoms with Crippen molar-refractivity contribution in [2.45, 2.75) is 38.0 Å². The van der Waals surface area contributed by atoms with Crippen LogP contribution in [0.4, 0.5) is 0 Å². The number of sulfonamides is 1. The Bertz CT molecular complexity index is 785. The van der Waals surface area contributed by atoms with Crippen molar-refractivity contribution in [3.05, 3.63) is 29.3 Å². The summed E-state index contributed by atoms with van der Waals surface area (Å²) in [7, 11) is -2.11. The van der Waals surface area contributed by atoms with E-state index in [4.69, 9.17) is 5.11 Å². The summed E-state index contributed by atoms with van der Waals surface area (Å²) in [6, 6.07) is 4.55. The van der Waals surface area contributed by atoms with Crippen LogP contribution in [0.1, 0.15) is 42.1 Å². The molecule has 1 aromatic carbocycles. The summed E-state index contributed by atoms with van der Waals surface area (Å²) in [6.07, 6.45) is 2.70. The lowest BCUT2D eigenvalue weighted by Crippen LogP contribution is -2.36. The average Bonchev–Trinajstić information content (AvgIpc) is 2.61. The van der Waals surface area contributed by atoms with Crippen LogP contribution in [0.3, 0.4) is 0 Å². The number of carboxylic acid groups (broad SMARTS) is 1. The Kier molecular flexibility index (Phi) is 6.41. The molecule has 0 radical (unpaired) electrons. The summed E-state index contributed by atoms with van der Waals surface area (Å²) >= 11 is 0. The second-order valence-electron chi connectivity index (χ2n) is 6.87. The molecule has 1 saturated heterocycles. The van der Waals surface area contributed by atoms with Gasteiger partial charge in [0.2, 0.25) is 10.0 Å². The third-order valence-electron chi connectivity index (χ3n) is 4.71. The molecule has 1 heterocycles. The molecule has 7 nitrogen and oxygen atoms in total. The van der Waals surface area contributed by atoms with E-state index < -0.39 is 21.9 Å². The van der Waals surface area contributed by atoms with E-state index in [1.807, 2.05) is 0 Å². The fourth-order valence-electron chi connectivity index (χ4n) is 3.02. The topological polar surface area (TPSA) is 95.0 Å². The van der Waals surface area contributed by atoms with Gasteiger partial charge >= 0.3 is 5.97 Å². The summed E-state index contributed by atoms with van der Waals surface area (Å²) in [5, 5.41) is 9.01. The Hall–Kier alpha value is -1.93. The number of hydrogen-bond acceptors (Lipinski definition) is 4. The highest BCUT2D eigenvalue weighted by Gasteiger charge is 2.28. The van der Waals surface area contributed by atoms with Crippen LogP contribution in [0.2, 0.25) is 0 Å². The van der Waals surface area contributed by atoms with E-state index in [0.29, 0.717) is 18.7 Å². The van der Waals surface area contributed by atoms with Crippen LogP contribution in [-0.2, 0) is 14.8 Å². The fourth-order valence-corrected chi connectivity index (χ4v) is 4.57. The van der Waals surface area contributed by atoms with Crippen molar-refractivity contribution in [2.24, 2.45) is 5.92 Å². The zero-order chi connectivity index (χ0) is 19.5. The van der Waals surface area contributed by atoms with Crippen LogP contribution in [-0.4, -0.2) is 61.3 Å². The Morgan fingerprint density at radius 3 is 2.42 bits per heavy atom. The van der Waals surface area contributed by atoms with Gasteiger partial charge in [-0.1, -0.05) is 19.4 Å². The summed E-state index contributed by atoms with van der Waals surface area (Å²) in [6.45, 7) is 4.30. The molecule has 8 heteroatoms. The molecule has 144 valence electrons. The van der Waals surface area contributed by atoms with Gasteiger partial charge in [0.15, 0.2) is 0 Å². The third kappa shape index (κ3) is 4.42. The summed E-state index contributed by atoms with van der Waals surface area (Å²) in [5.41, 5.74) is 0.936. The number of hydrogen-bond donors (Lipinski definition) is 1. The SMILES string of the molecule is Cc1ccc(S(=O)(=O)N2CCCCC2)cc1C(=O)N(C)CC(C)C(=O)O. The minimum atomic E-state index is -3.63. The molecule has 1 aliphatic heterocycles. The molecule has 0 aromatic heterocycles. The molecule has 0 bridgehead atoms. The highest BCUT2D eigenvalue weighted by Crippen LogP contribution is 2.23. The number of carboxylic acids is 1. The number of benzene rings is 1. The van der Waals surface area contributed by atoms with E-state index in [1.165, 1.54) is 35.3 Å². The Balaban J connectivity index is 2.29. The van der Waals surface area contributed by atoms with Gasteiger partial charge in [-0.15, -0.1) is 0 Å². The molecule has 2 rings (SSSR count). The maximum atomic E-state index is 12.8. The quantitative estimate of drug-likeness (QED) is 0.811. The number of nitrogens with zero attached hydrogens (tertiary/aromatic N) is 2. The van der Waals surface area contributed by atoms with Gasteiger partial charge in [-0.05, 0) is 37.5 Å². The van der Waals surface area contributed by atoms with Crippen molar-refractivity contribution in [1.29, 1.82) is 0 Å². The monoisotopic (exact) mass is 382 g/mol. The van der Waals surface area contributed by atoms with Gasteiger partial charge in [-0.25, -0.2) is 8.42 Å². The molecular weight excluding hydrogens is 356 g/mol. The number of carbonyl (C=O) groups excluding carboxylic acids is 1. The average molecular weight is 382 g/mol. The molecule has 1 fully saturated rings.